The molecule has 6 atom stereocenters. The summed E-state index contributed by atoms with van der Waals surface area (Å²) in [5, 5.41) is 27.6. The van der Waals surface area contributed by atoms with Crippen LogP contribution in [0.2, 0.25) is 0 Å². The molecule has 3 aromatic rings. The van der Waals surface area contributed by atoms with Gasteiger partial charge in [0, 0.05) is 11.1 Å². The van der Waals surface area contributed by atoms with E-state index in [9.17, 15) is 29.9 Å². The number of nitrogens with two attached hydrogens (primary N) is 1. The maximum absolute atomic E-state index is 14.1. The number of aliphatic hydroxyl groups is 2. The van der Waals surface area contributed by atoms with Gasteiger partial charge in [0.15, 0.2) is 17.7 Å². The molecule has 1 unspecified atom stereocenters. The number of aromatic nitrogens is 2. The first-order valence-electron chi connectivity index (χ1n) is 13.0. The van der Waals surface area contributed by atoms with Gasteiger partial charge in [0.1, 0.15) is 30.7 Å². The average molecular weight is 632 g/mol. The topological polar surface area (TPSA) is 242 Å². The number of hydrogen-bond acceptors (Lipinski definition) is 13. The third-order valence-corrected chi connectivity index (χ3v) is 8.01. The van der Waals surface area contributed by atoms with Crippen molar-refractivity contribution in [1.82, 2.24) is 14.6 Å². The average Bonchev–Trinajstić information content (AvgIpc) is 3.25. The van der Waals surface area contributed by atoms with E-state index < -0.39 is 56.2 Å². The molecule has 2 aromatic carbocycles. The summed E-state index contributed by atoms with van der Waals surface area (Å²) >= 11 is 0. The highest BCUT2D eigenvalue weighted by molar-refractivity contribution is 7.52. The Morgan fingerprint density at radius 2 is 1.91 bits per heavy atom. The van der Waals surface area contributed by atoms with Crippen molar-refractivity contribution in [3.63, 3.8) is 0 Å². The van der Waals surface area contributed by atoms with Crippen LogP contribution >= 0.6 is 7.75 Å². The van der Waals surface area contributed by atoms with Gasteiger partial charge in [0.05, 0.1) is 13.7 Å². The molecule has 1 fully saturated rings. The molecule has 5 N–H and O–H groups in total. The van der Waals surface area contributed by atoms with Crippen molar-refractivity contribution in [2.24, 2.45) is 5.11 Å². The molecule has 17 nitrogen and oxygen atoms in total. The lowest BCUT2D eigenvalue weighted by atomic mass is 10.1. The van der Waals surface area contributed by atoms with Crippen molar-refractivity contribution in [3.8, 4) is 11.5 Å². The third kappa shape index (κ3) is 7.35. The molecule has 0 radical (unpaired) electrons. The van der Waals surface area contributed by atoms with Crippen molar-refractivity contribution in [3.05, 3.63) is 93.4 Å². The SMILES string of the molecule is COc1ccccc1OP(=O)(N[C@@H](C)C(=O)OCc1ccccc1)OC[C@@]1(N=[N+]=[N-])O[C@@H](n2ccc(N)nc2=O)[C@H](O)[C@@H]1O. The number of rotatable bonds is 13. The number of esters is 1. The fourth-order valence-corrected chi connectivity index (χ4v) is 5.68. The van der Waals surface area contributed by atoms with E-state index in [0.29, 0.717) is 5.56 Å². The molecule has 1 aromatic heterocycles. The number of para-hydroxylation sites is 2. The molecule has 0 bridgehead atoms. The number of carbonyl (C=O) groups is 1. The maximum Gasteiger partial charge on any atom is 0.459 e. The van der Waals surface area contributed by atoms with Crippen LogP contribution in [-0.4, -0.2) is 63.4 Å². The summed E-state index contributed by atoms with van der Waals surface area (Å²) in [6, 6.07) is 14.9. The van der Waals surface area contributed by atoms with E-state index >= 15 is 0 Å². The molecule has 234 valence electrons. The van der Waals surface area contributed by atoms with E-state index in [1.807, 2.05) is 0 Å². The number of ether oxygens (including phenoxy) is 3. The largest absolute Gasteiger partial charge is 0.493 e. The molecule has 2 heterocycles. The Hall–Kier alpha value is -4.47. The van der Waals surface area contributed by atoms with E-state index in [2.05, 4.69) is 20.1 Å². The summed E-state index contributed by atoms with van der Waals surface area (Å²) < 4.78 is 42.4. The van der Waals surface area contributed by atoms with Gasteiger partial charge in [0.25, 0.3) is 0 Å². The van der Waals surface area contributed by atoms with Crippen LogP contribution in [0.15, 0.2) is 76.8 Å². The summed E-state index contributed by atoms with van der Waals surface area (Å²) in [4.78, 5) is 31.4. The molecule has 0 amide bonds. The van der Waals surface area contributed by atoms with Crippen LogP contribution in [0.1, 0.15) is 18.7 Å². The van der Waals surface area contributed by atoms with E-state index in [1.165, 1.54) is 32.2 Å². The Balaban J connectivity index is 1.60. The highest BCUT2D eigenvalue weighted by atomic mass is 31.2. The number of nitrogens with one attached hydrogen (secondary N) is 1. The molecule has 1 aliphatic heterocycles. The van der Waals surface area contributed by atoms with Crippen LogP contribution in [0, 0.1) is 0 Å². The van der Waals surface area contributed by atoms with Gasteiger partial charge in [-0.3, -0.25) is 13.9 Å². The molecule has 1 aliphatic rings. The predicted octanol–water partition coefficient (Wildman–Crippen LogP) is 2.02. The zero-order valence-electron chi connectivity index (χ0n) is 23.5. The Bertz CT molecular complexity index is 1620. The first-order chi connectivity index (χ1) is 21.0. The van der Waals surface area contributed by atoms with Gasteiger partial charge >= 0.3 is 19.4 Å². The monoisotopic (exact) mass is 631 g/mol. The van der Waals surface area contributed by atoms with Gasteiger partial charge in [-0.05, 0) is 36.2 Å². The number of carbonyl (C=O) groups excluding carboxylic acids is 1. The minimum absolute atomic E-state index is 0.0566. The van der Waals surface area contributed by atoms with Gasteiger partial charge < -0.3 is 34.7 Å². The fraction of sp³-hybridized carbons (Fsp3) is 0.346. The summed E-state index contributed by atoms with van der Waals surface area (Å²) in [7, 11) is -3.30. The lowest BCUT2D eigenvalue weighted by molar-refractivity contribution is -0.146. The second-order valence-corrected chi connectivity index (χ2v) is 11.2. The molecule has 1 saturated heterocycles. The lowest BCUT2D eigenvalue weighted by Gasteiger charge is -2.29. The number of hydrogen-bond donors (Lipinski definition) is 4. The number of aliphatic hydroxyl groups excluding tert-OH is 2. The van der Waals surface area contributed by atoms with E-state index in [1.54, 1.807) is 42.5 Å². The smallest absolute Gasteiger partial charge is 0.459 e. The first-order valence-corrected chi connectivity index (χ1v) is 14.6. The quantitative estimate of drug-likeness (QED) is 0.0694. The number of nitrogens with zero attached hydrogens (tertiary/aromatic N) is 5. The van der Waals surface area contributed by atoms with Crippen LogP contribution in [0.5, 0.6) is 11.5 Å². The Morgan fingerprint density at radius 3 is 2.57 bits per heavy atom. The normalized spacial score (nSPS) is 23.1. The minimum Gasteiger partial charge on any atom is -0.493 e. The molecule has 4 rings (SSSR count). The fourth-order valence-electron chi connectivity index (χ4n) is 4.15. The van der Waals surface area contributed by atoms with Gasteiger partial charge in [-0.1, -0.05) is 47.6 Å². The number of nitrogen functional groups attached to an aromatic ring is 1. The molecule has 44 heavy (non-hydrogen) atoms. The second-order valence-electron chi connectivity index (χ2n) is 9.48. The first kappa shape index (κ1) is 32.4. The molecule has 0 aliphatic carbocycles. The van der Waals surface area contributed by atoms with Gasteiger partial charge in [-0.2, -0.15) is 10.1 Å². The molecule has 0 saturated carbocycles. The maximum atomic E-state index is 14.1. The molecular formula is C26H30N7O10P. The van der Waals surface area contributed by atoms with Crippen LogP contribution in [-0.2, 0) is 30.0 Å². The third-order valence-electron chi connectivity index (χ3n) is 6.40. The van der Waals surface area contributed by atoms with Crippen molar-refractivity contribution < 1.29 is 42.8 Å². The van der Waals surface area contributed by atoms with Crippen molar-refractivity contribution in [1.29, 1.82) is 0 Å². The summed E-state index contributed by atoms with van der Waals surface area (Å²) in [5.41, 5.74) is 12.2. The predicted molar refractivity (Wildman–Crippen MR) is 153 cm³/mol. The van der Waals surface area contributed by atoms with E-state index in [-0.39, 0.29) is 23.9 Å². The van der Waals surface area contributed by atoms with Crippen molar-refractivity contribution in [2.45, 2.75) is 43.7 Å². The molecule has 0 spiro atoms. The van der Waals surface area contributed by atoms with Crippen molar-refractivity contribution >= 4 is 19.5 Å². The molecular weight excluding hydrogens is 601 g/mol. The minimum atomic E-state index is -4.64. The number of azide groups is 1. The Kier molecular flexibility index (Phi) is 10.2. The zero-order chi connectivity index (χ0) is 31.9. The van der Waals surface area contributed by atoms with Crippen LogP contribution in [0.4, 0.5) is 5.82 Å². The zero-order valence-corrected chi connectivity index (χ0v) is 24.4. The van der Waals surface area contributed by atoms with E-state index in [4.69, 9.17) is 29.0 Å². The molecule has 18 heteroatoms. The highest BCUT2D eigenvalue weighted by Gasteiger charge is 2.56. The van der Waals surface area contributed by atoms with Crippen LogP contribution in [0.3, 0.4) is 0 Å². The Morgan fingerprint density at radius 1 is 1.23 bits per heavy atom. The van der Waals surface area contributed by atoms with Gasteiger partial charge in [-0.15, -0.1) is 0 Å². The second kappa shape index (κ2) is 13.9. The summed E-state index contributed by atoms with van der Waals surface area (Å²) in [6.07, 6.45) is -4.31. The number of benzene rings is 2. The van der Waals surface area contributed by atoms with Crippen LogP contribution in [0.25, 0.3) is 10.4 Å². The van der Waals surface area contributed by atoms with Crippen molar-refractivity contribution in [2.75, 3.05) is 19.5 Å². The van der Waals surface area contributed by atoms with E-state index in [0.717, 1.165) is 10.8 Å². The number of methoxy groups -OCH3 is 1. The van der Waals surface area contributed by atoms with Crippen LogP contribution < -0.4 is 25.8 Å². The standard InChI is InChI=1S/C26H30N7O10P/c1-16(24(36)40-14-17-8-4-3-5-9-17)30-44(38,43-19-11-7-6-10-18(19)39-2)41-15-26(31-32-28)22(35)21(34)23(42-26)33-13-12-20(27)29-25(33)37/h3-13,16,21-23,34-35H,14-15H2,1-2H3,(H,30,38)(H2,27,29,37)/t16-,21+,22-,23+,26+,44?/m0/s1. The number of anilines is 1. The highest BCUT2D eigenvalue weighted by Crippen LogP contribution is 2.50. The Labute approximate surface area is 250 Å². The summed E-state index contributed by atoms with van der Waals surface area (Å²) in [5.74, 6) is -0.821. The van der Waals surface area contributed by atoms with Gasteiger partial charge in [0.2, 0.25) is 5.72 Å². The lowest BCUT2D eigenvalue weighted by Crippen LogP contribution is -2.45. The van der Waals surface area contributed by atoms with Gasteiger partial charge in [-0.25, -0.2) is 9.36 Å². The summed E-state index contributed by atoms with van der Waals surface area (Å²) in [6.45, 7) is 0.288.